The molecule has 0 aliphatic carbocycles. The number of allylic oxidation sites excluding steroid dienone is 1. The average Bonchev–Trinajstić information content (AvgIpc) is 2.48. The van der Waals surface area contributed by atoms with Crippen LogP contribution in [0.1, 0.15) is 17.3 Å². The molecule has 0 aliphatic heterocycles. The first-order valence-electron chi connectivity index (χ1n) is 5.45. The normalized spacial score (nSPS) is 12.4. The molecule has 6 heteroatoms. The van der Waals surface area contributed by atoms with Crippen molar-refractivity contribution in [2.75, 3.05) is 5.75 Å². The van der Waals surface area contributed by atoms with Crippen LogP contribution in [0.4, 0.5) is 0 Å². The quantitative estimate of drug-likeness (QED) is 0.856. The van der Waals surface area contributed by atoms with Crippen LogP contribution < -0.4 is 0 Å². The van der Waals surface area contributed by atoms with Crippen molar-refractivity contribution in [3.05, 3.63) is 47.7 Å². The number of benzene rings is 1. The van der Waals surface area contributed by atoms with Crippen LogP contribution in [0.25, 0.3) is 0 Å². The lowest BCUT2D eigenvalue weighted by Gasteiger charge is -2.08. The lowest BCUT2D eigenvalue weighted by atomic mass is 10.2. The fourth-order valence-corrected chi connectivity index (χ4v) is 2.57. The molecule has 0 aromatic heterocycles. The zero-order valence-electron chi connectivity index (χ0n) is 10.3. The third-order valence-electron chi connectivity index (χ3n) is 2.34. The Kier molecular flexibility index (Phi) is 4.99. The fourth-order valence-electron chi connectivity index (χ4n) is 1.25. The van der Waals surface area contributed by atoms with Gasteiger partial charge in [0.1, 0.15) is 17.7 Å². The zero-order valence-corrected chi connectivity index (χ0v) is 11.1. The molecule has 1 aromatic rings. The van der Waals surface area contributed by atoms with Crippen LogP contribution in [-0.4, -0.2) is 10.9 Å². The predicted molar refractivity (Wildman–Crippen MR) is 73.1 cm³/mol. The number of hydrogen-bond acceptors (Lipinski definition) is 5. The number of carbonyl (C=O) groups excluding carboxylic acids is 1. The molecule has 0 aliphatic rings. The summed E-state index contributed by atoms with van der Waals surface area (Å²) < 4.78 is 12.0. The van der Waals surface area contributed by atoms with Crippen LogP contribution in [0, 0.1) is 27.4 Å². The van der Waals surface area contributed by atoms with Gasteiger partial charge in [-0.2, -0.15) is 10.5 Å². The van der Waals surface area contributed by atoms with Crippen molar-refractivity contribution >= 4 is 14.7 Å². The van der Waals surface area contributed by atoms with Crippen molar-refractivity contribution in [1.82, 2.24) is 0 Å². The highest BCUT2D eigenvalue weighted by atomic mass is 32.2. The summed E-state index contributed by atoms with van der Waals surface area (Å²) in [5.74, 6) is 0.237. The summed E-state index contributed by atoms with van der Waals surface area (Å²) in [5.41, 5.74) is 0.209. The van der Waals surface area contributed by atoms with Crippen LogP contribution in [0.2, 0.25) is 0 Å². The summed E-state index contributed by atoms with van der Waals surface area (Å²) in [7, 11) is -2.67. The van der Waals surface area contributed by atoms with Crippen molar-refractivity contribution in [3.63, 3.8) is 0 Å². The highest BCUT2D eigenvalue weighted by Gasteiger charge is 2.15. The molecule has 5 nitrogen and oxygen atoms in total. The largest absolute Gasteiger partial charge is 0.280 e. The molecule has 1 unspecified atom stereocenters. The molecule has 1 aromatic carbocycles. The molecule has 19 heavy (non-hydrogen) atoms. The molecular weight excluding hydrogens is 260 g/mol. The Bertz CT molecular complexity index is 682. The zero-order chi connectivity index (χ0) is 14.3. The van der Waals surface area contributed by atoms with E-state index in [9.17, 15) is 4.79 Å². The first kappa shape index (κ1) is 14.6. The number of carbonyl (C=O) groups is 1. The molecular formula is C13H12N4OS. The van der Waals surface area contributed by atoms with E-state index < -0.39 is 9.62 Å². The monoisotopic (exact) mass is 272 g/mol. The highest BCUT2D eigenvalue weighted by Crippen LogP contribution is 2.11. The van der Waals surface area contributed by atoms with Crippen LogP contribution >= 0.6 is 0 Å². The number of rotatable bonds is 3. The molecule has 1 N–H and O–H groups in total. The summed E-state index contributed by atoms with van der Waals surface area (Å²) in [6, 6.07) is 11.8. The average molecular weight is 272 g/mol. The fraction of sp³-hybridized carbons (Fsp3) is 0.154. The van der Waals surface area contributed by atoms with Gasteiger partial charge in [0.15, 0.2) is 0 Å². The van der Waals surface area contributed by atoms with E-state index in [0.717, 1.165) is 6.20 Å². The smallest absolute Gasteiger partial charge is 0.239 e. The van der Waals surface area contributed by atoms with E-state index in [0.29, 0.717) is 5.56 Å². The van der Waals surface area contributed by atoms with Crippen LogP contribution in [0.3, 0.4) is 0 Å². The molecule has 1 rings (SSSR count). The van der Waals surface area contributed by atoms with Gasteiger partial charge in [0, 0.05) is 20.9 Å². The van der Waals surface area contributed by atoms with Crippen molar-refractivity contribution in [2.45, 2.75) is 6.92 Å². The topological polar surface area (TPSA) is 101 Å². The van der Waals surface area contributed by atoms with E-state index in [1.807, 2.05) is 0 Å². The first-order chi connectivity index (χ1) is 9.07. The standard InChI is InChI=1S/C13H12N4OS/c1-2-19(16,17-10-11(8-14)9-15)13(18)12-6-4-3-5-7-12/h3-7,10,16H,2H2,1H3. The Balaban J connectivity index is 3.28. The minimum atomic E-state index is -2.67. The predicted octanol–water partition coefficient (Wildman–Crippen LogP) is 2.88. The highest BCUT2D eigenvalue weighted by molar-refractivity contribution is 8.09. The van der Waals surface area contributed by atoms with Gasteiger partial charge in [-0.15, -0.1) is 0 Å². The van der Waals surface area contributed by atoms with Gasteiger partial charge >= 0.3 is 0 Å². The maximum atomic E-state index is 12.2. The third kappa shape index (κ3) is 3.51. The number of nitrogens with one attached hydrogen (secondary N) is 1. The van der Waals surface area contributed by atoms with Gasteiger partial charge in [-0.3, -0.25) is 9.57 Å². The number of hydrogen-bond donors (Lipinski definition) is 1. The number of nitrogens with zero attached hydrogens (tertiary/aromatic N) is 3. The second-order valence-corrected chi connectivity index (χ2v) is 6.08. The van der Waals surface area contributed by atoms with E-state index >= 15 is 0 Å². The van der Waals surface area contributed by atoms with E-state index in [2.05, 4.69) is 4.36 Å². The molecule has 0 radical (unpaired) electrons. The minimum Gasteiger partial charge on any atom is -0.280 e. The minimum absolute atomic E-state index is 0.210. The van der Waals surface area contributed by atoms with E-state index in [-0.39, 0.29) is 16.4 Å². The van der Waals surface area contributed by atoms with Gasteiger partial charge in [0.25, 0.3) is 0 Å². The summed E-state index contributed by atoms with van der Waals surface area (Å²) in [4.78, 5) is 12.2. The van der Waals surface area contributed by atoms with E-state index in [1.54, 1.807) is 49.4 Å². The molecule has 1 atom stereocenters. The molecule has 0 saturated carbocycles. The van der Waals surface area contributed by atoms with Gasteiger partial charge in [0.05, 0.1) is 6.20 Å². The van der Waals surface area contributed by atoms with Crippen molar-refractivity contribution in [1.29, 1.82) is 15.3 Å². The lowest BCUT2D eigenvalue weighted by Crippen LogP contribution is -2.15. The summed E-state index contributed by atoms with van der Waals surface area (Å²) in [6.45, 7) is 1.69. The van der Waals surface area contributed by atoms with Crippen molar-refractivity contribution in [3.8, 4) is 12.1 Å². The van der Waals surface area contributed by atoms with Gasteiger partial charge in [0.2, 0.25) is 5.12 Å². The number of nitriles is 2. The maximum Gasteiger partial charge on any atom is 0.239 e. The second kappa shape index (κ2) is 6.48. The van der Waals surface area contributed by atoms with E-state index in [4.69, 9.17) is 15.3 Å². The van der Waals surface area contributed by atoms with Gasteiger partial charge in [-0.05, 0) is 0 Å². The summed E-state index contributed by atoms with van der Waals surface area (Å²) >= 11 is 0. The Labute approximate surface area is 112 Å². The molecule has 0 heterocycles. The summed E-state index contributed by atoms with van der Waals surface area (Å²) in [6.07, 6.45) is 1.02. The van der Waals surface area contributed by atoms with Gasteiger partial charge in [-0.25, -0.2) is 4.36 Å². The van der Waals surface area contributed by atoms with Crippen LogP contribution in [0.15, 0.2) is 46.5 Å². The Morgan fingerprint density at radius 2 is 1.95 bits per heavy atom. The lowest BCUT2D eigenvalue weighted by molar-refractivity contribution is 0.108. The van der Waals surface area contributed by atoms with Crippen molar-refractivity contribution < 1.29 is 4.79 Å². The Hall–Kier alpha value is -2.44. The Morgan fingerprint density at radius 3 is 2.42 bits per heavy atom. The maximum absolute atomic E-state index is 12.2. The molecule has 0 saturated heterocycles. The third-order valence-corrected chi connectivity index (χ3v) is 4.49. The first-order valence-corrected chi connectivity index (χ1v) is 7.20. The van der Waals surface area contributed by atoms with Gasteiger partial charge < -0.3 is 0 Å². The SMILES string of the molecule is CCS(=N)(=NC=C(C#N)C#N)C(=O)c1ccccc1. The molecule has 96 valence electrons. The van der Waals surface area contributed by atoms with E-state index in [1.165, 1.54) is 0 Å². The molecule has 0 bridgehead atoms. The van der Waals surface area contributed by atoms with Crippen LogP contribution in [0.5, 0.6) is 0 Å². The summed E-state index contributed by atoms with van der Waals surface area (Å²) in [5, 5.41) is 16.9. The van der Waals surface area contributed by atoms with Gasteiger partial charge in [-0.1, -0.05) is 37.3 Å². The Morgan fingerprint density at radius 1 is 1.37 bits per heavy atom. The van der Waals surface area contributed by atoms with Crippen LogP contribution in [-0.2, 0) is 9.62 Å². The molecule has 0 fully saturated rings. The second-order valence-electron chi connectivity index (χ2n) is 3.52. The molecule has 0 amide bonds. The molecule has 0 spiro atoms. The van der Waals surface area contributed by atoms with Crippen molar-refractivity contribution in [2.24, 2.45) is 4.36 Å².